The van der Waals surface area contributed by atoms with Gasteiger partial charge in [-0.05, 0) is 46.4 Å². The molecule has 1 aliphatic rings. The molecule has 3 aromatic carbocycles. The van der Waals surface area contributed by atoms with E-state index in [1.165, 1.54) is 51.4 Å². The summed E-state index contributed by atoms with van der Waals surface area (Å²) < 4.78 is 0.638. The number of amides is 1. The van der Waals surface area contributed by atoms with Crippen molar-refractivity contribution in [3.05, 3.63) is 101 Å². The number of hydrogen-bond donors (Lipinski definition) is 1. The van der Waals surface area contributed by atoms with Gasteiger partial charge >= 0.3 is 0 Å². The van der Waals surface area contributed by atoms with Crippen molar-refractivity contribution in [2.24, 2.45) is 0 Å². The number of aromatic nitrogens is 2. The molecule has 5 rings (SSSR count). The van der Waals surface area contributed by atoms with Gasteiger partial charge in [0.05, 0.1) is 5.75 Å². The van der Waals surface area contributed by atoms with Gasteiger partial charge in [0.15, 0.2) is 10.1 Å². The van der Waals surface area contributed by atoms with Crippen molar-refractivity contribution in [1.29, 1.82) is 0 Å². The number of anilines is 1. The lowest BCUT2D eigenvalue weighted by Gasteiger charge is -2.04. The summed E-state index contributed by atoms with van der Waals surface area (Å²) in [6, 6.07) is 23.9. The van der Waals surface area contributed by atoms with E-state index in [2.05, 4.69) is 27.6 Å². The topological polar surface area (TPSA) is 72.0 Å². The molecule has 1 aliphatic carbocycles. The molecule has 0 bridgehead atoms. The zero-order valence-electron chi connectivity index (χ0n) is 17.5. The molecule has 4 aromatic rings. The molecular weight excluding hydrogens is 450 g/mol. The molecule has 0 spiro atoms. The third kappa shape index (κ3) is 4.94. The van der Waals surface area contributed by atoms with Crippen LogP contribution in [0.1, 0.15) is 27.0 Å². The van der Waals surface area contributed by atoms with Gasteiger partial charge in [-0.1, -0.05) is 89.8 Å². The van der Waals surface area contributed by atoms with Gasteiger partial charge in [-0.25, -0.2) is 0 Å². The summed E-state index contributed by atoms with van der Waals surface area (Å²) in [5, 5.41) is 11.2. The van der Waals surface area contributed by atoms with Crippen LogP contribution in [0.4, 0.5) is 5.13 Å². The molecule has 33 heavy (non-hydrogen) atoms. The Hall–Kier alpha value is -3.55. The molecule has 0 aliphatic heterocycles. The Morgan fingerprint density at radius 3 is 2.61 bits per heavy atom. The van der Waals surface area contributed by atoms with Crippen LogP contribution >= 0.6 is 23.1 Å². The van der Waals surface area contributed by atoms with E-state index in [0.29, 0.717) is 15.0 Å². The van der Waals surface area contributed by atoms with Gasteiger partial charge in [0, 0.05) is 11.6 Å². The van der Waals surface area contributed by atoms with E-state index in [1.54, 1.807) is 6.08 Å². The molecule has 1 aromatic heterocycles. The highest BCUT2D eigenvalue weighted by Crippen LogP contribution is 2.37. The van der Waals surface area contributed by atoms with Crippen molar-refractivity contribution in [2.45, 2.75) is 10.8 Å². The molecule has 0 atom stereocenters. The molecule has 1 heterocycles. The van der Waals surface area contributed by atoms with E-state index in [0.717, 1.165) is 12.0 Å². The number of carbonyl (C=O) groups is 2. The Labute approximate surface area is 199 Å². The Morgan fingerprint density at radius 1 is 0.939 bits per heavy atom. The Bertz CT molecular complexity index is 1360. The Morgan fingerprint density at radius 2 is 1.73 bits per heavy atom. The normalized spacial score (nSPS) is 11.9. The number of benzene rings is 3. The molecule has 0 unspecified atom stereocenters. The number of hydrogen-bond acceptors (Lipinski definition) is 6. The Kier molecular flexibility index (Phi) is 6.15. The lowest BCUT2D eigenvalue weighted by Crippen LogP contribution is -2.07. The molecule has 1 amide bonds. The van der Waals surface area contributed by atoms with Crippen LogP contribution < -0.4 is 5.32 Å². The summed E-state index contributed by atoms with van der Waals surface area (Å²) in [6.07, 6.45) is 4.05. The fourth-order valence-electron chi connectivity index (χ4n) is 3.73. The maximum Gasteiger partial charge on any atom is 0.250 e. The minimum absolute atomic E-state index is 0.0466. The summed E-state index contributed by atoms with van der Waals surface area (Å²) in [4.78, 5) is 24.9. The monoisotopic (exact) mass is 469 g/mol. The van der Waals surface area contributed by atoms with Crippen molar-refractivity contribution in [3.63, 3.8) is 0 Å². The van der Waals surface area contributed by atoms with Crippen LogP contribution in [0.3, 0.4) is 0 Å². The summed E-state index contributed by atoms with van der Waals surface area (Å²) in [5.41, 5.74) is 6.60. The first-order chi connectivity index (χ1) is 16.2. The zero-order valence-corrected chi connectivity index (χ0v) is 19.2. The average molecular weight is 470 g/mol. The molecule has 162 valence electrons. The molecule has 1 N–H and O–H groups in total. The van der Waals surface area contributed by atoms with E-state index >= 15 is 0 Å². The SMILES string of the molecule is O=C(/C=C/c1ccccc1)Nc1nnc(SCC(=O)c2ccc3c(c2)Cc2ccccc2-3)s1. The average Bonchev–Trinajstić information content (AvgIpc) is 3.45. The van der Waals surface area contributed by atoms with Crippen molar-refractivity contribution in [3.8, 4) is 11.1 Å². The predicted octanol–water partition coefficient (Wildman–Crippen LogP) is 5.74. The predicted molar refractivity (Wildman–Crippen MR) is 134 cm³/mol. The van der Waals surface area contributed by atoms with Crippen LogP contribution in [0.25, 0.3) is 17.2 Å². The summed E-state index contributed by atoms with van der Waals surface area (Å²) >= 11 is 2.58. The van der Waals surface area contributed by atoms with E-state index in [4.69, 9.17) is 0 Å². The molecule has 0 saturated carbocycles. The number of Topliss-reactive ketones (excluding diaryl/α,β-unsaturated/α-hetero) is 1. The highest BCUT2D eigenvalue weighted by molar-refractivity contribution is 8.01. The molecule has 5 nitrogen and oxygen atoms in total. The second-order valence-electron chi connectivity index (χ2n) is 7.52. The number of nitrogens with zero attached hydrogens (tertiary/aromatic N) is 2. The first-order valence-corrected chi connectivity index (χ1v) is 12.2. The Balaban J connectivity index is 1.16. The number of nitrogens with one attached hydrogen (secondary N) is 1. The van der Waals surface area contributed by atoms with Gasteiger partial charge in [0.1, 0.15) is 0 Å². The van der Waals surface area contributed by atoms with E-state index in [-0.39, 0.29) is 17.4 Å². The molecular formula is C26H19N3O2S2. The van der Waals surface area contributed by atoms with Crippen molar-refractivity contribution in [1.82, 2.24) is 10.2 Å². The third-order valence-electron chi connectivity index (χ3n) is 5.31. The zero-order chi connectivity index (χ0) is 22.6. The maximum atomic E-state index is 12.8. The highest BCUT2D eigenvalue weighted by atomic mass is 32.2. The number of rotatable bonds is 7. The maximum absolute atomic E-state index is 12.8. The lowest BCUT2D eigenvalue weighted by molar-refractivity contribution is -0.111. The summed E-state index contributed by atoms with van der Waals surface area (Å²) in [6.45, 7) is 0. The van der Waals surface area contributed by atoms with Crippen LogP contribution in [0.15, 0.2) is 83.2 Å². The number of carbonyl (C=O) groups excluding carboxylic acids is 2. The second kappa shape index (κ2) is 9.52. The van der Waals surface area contributed by atoms with Gasteiger partial charge in [-0.2, -0.15) is 0 Å². The fraction of sp³-hybridized carbons (Fsp3) is 0.0769. The fourth-order valence-corrected chi connectivity index (χ4v) is 5.38. The standard InChI is InChI=1S/C26H19N3O2S2/c30-23(19-11-12-22-20(15-19)14-18-8-4-5-9-21(18)22)16-32-26-29-28-25(33-26)27-24(31)13-10-17-6-2-1-3-7-17/h1-13,15H,14,16H2,(H,27,28,31)/b13-10+. The lowest BCUT2D eigenvalue weighted by atomic mass is 10.0. The molecule has 7 heteroatoms. The van der Waals surface area contributed by atoms with Crippen molar-refractivity contribution >= 4 is 46.0 Å². The van der Waals surface area contributed by atoms with Crippen LogP contribution in [0, 0.1) is 0 Å². The van der Waals surface area contributed by atoms with Crippen LogP contribution in [0.5, 0.6) is 0 Å². The quantitative estimate of drug-likeness (QED) is 0.143. The second-order valence-corrected chi connectivity index (χ2v) is 9.72. The van der Waals surface area contributed by atoms with Gasteiger partial charge in [-0.15, -0.1) is 10.2 Å². The first kappa shape index (κ1) is 21.3. The summed E-state index contributed by atoms with van der Waals surface area (Å²) in [7, 11) is 0. The van der Waals surface area contributed by atoms with Gasteiger partial charge < -0.3 is 0 Å². The third-order valence-corrected chi connectivity index (χ3v) is 7.28. The first-order valence-electron chi connectivity index (χ1n) is 10.4. The number of ketones is 1. The van der Waals surface area contributed by atoms with Crippen LogP contribution in [-0.2, 0) is 11.2 Å². The smallest absolute Gasteiger partial charge is 0.250 e. The highest BCUT2D eigenvalue weighted by Gasteiger charge is 2.19. The molecule has 0 radical (unpaired) electrons. The number of thioether (sulfide) groups is 1. The van der Waals surface area contributed by atoms with Crippen molar-refractivity contribution in [2.75, 3.05) is 11.1 Å². The minimum atomic E-state index is -0.276. The van der Waals surface area contributed by atoms with E-state index in [9.17, 15) is 9.59 Å². The van der Waals surface area contributed by atoms with Gasteiger partial charge in [-0.3, -0.25) is 14.9 Å². The van der Waals surface area contributed by atoms with Gasteiger partial charge in [0.25, 0.3) is 0 Å². The summed E-state index contributed by atoms with van der Waals surface area (Å²) in [5.74, 6) is 0.0366. The van der Waals surface area contributed by atoms with E-state index in [1.807, 2.05) is 60.7 Å². The van der Waals surface area contributed by atoms with Crippen LogP contribution in [0.2, 0.25) is 0 Å². The molecule has 0 saturated heterocycles. The minimum Gasteiger partial charge on any atom is -0.297 e. The number of fused-ring (bicyclic) bond motifs is 3. The van der Waals surface area contributed by atoms with Crippen LogP contribution in [-0.4, -0.2) is 27.6 Å². The van der Waals surface area contributed by atoms with Crippen molar-refractivity contribution < 1.29 is 9.59 Å². The molecule has 0 fully saturated rings. The van der Waals surface area contributed by atoms with Gasteiger partial charge in [0.2, 0.25) is 11.0 Å². The van der Waals surface area contributed by atoms with E-state index < -0.39 is 0 Å². The largest absolute Gasteiger partial charge is 0.297 e.